The van der Waals surface area contributed by atoms with Gasteiger partial charge in [0.05, 0.1) is 27.4 Å². The Balaban J connectivity index is 1.77. The number of anilines is 1. The molecule has 138 valence electrons. The topological polar surface area (TPSA) is 61.4 Å². The predicted octanol–water partition coefficient (Wildman–Crippen LogP) is 5.17. The standard InChI is InChI=1S/C19H19Cl2FN2O2/c1-10(11-3-5-12(22)6-4-11)23-18(25)24-17-15(20)9-14-13(16(17)21)7-8-19(14,2)26/h3-6,9-10,26H,7-8H2,1-2H3,(H2,23,24,25)/t10-,19?/m1/s1. The Labute approximate surface area is 161 Å². The summed E-state index contributed by atoms with van der Waals surface area (Å²) in [7, 11) is 0. The number of carbonyl (C=O) groups is 1. The van der Waals surface area contributed by atoms with E-state index in [2.05, 4.69) is 10.6 Å². The van der Waals surface area contributed by atoms with E-state index >= 15 is 0 Å². The van der Waals surface area contributed by atoms with Gasteiger partial charge in [0.25, 0.3) is 0 Å². The van der Waals surface area contributed by atoms with Crippen LogP contribution in [0, 0.1) is 5.82 Å². The van der Waals surface area contributed by atoms with Crippen LogP contribution >= 0.6 is 23.2 Å². The van der Waals surface area contributed by atoms with Gasteiger partial charge in [-0.3, -0.25) is 0 Å². The first-order valence-electron chi connectivity index (χ1n) is 8.26. The highest BCUT2D eigenvalue weighted by Gasteiger charge is 2.35. The molecule has 3 rings (SSSR count). The SMILES string of the molecule is C[C@@H](NC(=O)Nc1c(Cl)cc2c(c1Cl)CCC2(C)O)c1ccc(F)cc1. The van der Waals surface area contributed by atoms with Crippen molar-refractivity contribution in [3.8, 4) is 0 Å². The summed E-state index contributed by atoms with van der Waals surface area (Å²) < 4.78 is 13.0. The highest BCUT2D eigenvalue weighted by atomic mass is 35.5. The zero-order chi connectivity index (χ0) is 19.1. The lowest BCUT2D eigenvalue weighted by molar-refractivity contribution is 0.0595. The van der Waals surface area contributed by atoms with Crippen molar-refractivity contribution in [2.45, 2.75) is 38.3 Å². The summed E-state index contributed by atoms with van der Waals surface area (Å²) in [5.41, 5.74) is 1.60. The fourth-order valence-electron chi connectivity index (χ4n) is 3.18. The largest absolute Gasteiger partial charge is 0.385 e. The third-order valence-electron chi connectivity index (χ3n) is 4.72. The molecular weight excluding hydrogens is 378 g/mol. The second kappa shape index (κ2) is 7.06. The van der Waals surface area contributed by atoms with Crippen LogP contribution in [0.5, 0.6) is 0 Å². The average Bonchev–Trinajstić information content (AvgIpc) is 2.87. The van der Waals surface area contributed by atoms with E-state index in [0.29, 0.717) is 29.1 Å². The van der Waals surface area contributed by atoms with Gasteiger partial charge >= 0.3 is 6.03 Å². The second-order valence-corrected chi connectivity index (χ2v) is 7.50. The van der Waals surface area contributed by atoms with E-state index in [0.717, 1.165) is 11.1 Å². The third kappa shape index (κ3) is 3.65. The van der Waals surface area contributed by atoms with E-state index in [1.807, 2.05) is 0 Å². The quantitative estimate of drug-likeness (QED) is 0.669. The van der Waals surface area contributed by atoms with Gasteiger partial charge in [-0.2, -0.15) is 0 Å². The summed E-state index contributed by atoms with van der Waals surface area (Å²) in [4.78, 5) is 12.3. The molecule has 0 bridgehead atoms. The Morgan fingerprint density at radius 3 is 2.62 bits per heavy atom. The number of fused-ring (bicyclic) bond motifs is 1. The van der Waals surface area contributed by atoms with Gasteiger partial charge in [0, 0.05) is 0 Å². The van der Waals surface area contributed by atoms with Crippen molar-refractivity contribution in [3.63, 3.8) is 0 Å². The molecule has 26 heavy (non-hydrogen) atoms. The first-order valence-corrected chi connectivity index (χ1v) is 9.01. The van der Waals surface area contributed by atoms with Crippen LogP contribution in [-0.2, 0) is 12.0 Å². The van der Waals surface area contributed by atoms with Crippen molar-refractivity contribution >= 4 is 34.9 Å². The number of hydrogen-bond acceptors (Lipinski definition) is 2. The molecule has 2 amide bonds. The summed E-state index contributed by atoms with van der Waals surface area (Å²) >= 11 is 12.7. The lowest BCUT2D eigenvalue weighted by Crippen LogP contribution is -2.31. The number of carbonyl (C=O) groups excluding carboxylic acids is 1. The van der Waals surface area contributed by atoms with E-state index in [1.54, 1.807) is 32.0 Å². The van der Waals surface area contributed by atoms with Crippen LogP contribution in [0.3, 0.4) is 0 Å². The normalized spacial score (nSPS) is 19.8. The number of benzene rings is 2. The molecule has 3 N–H and O–H groups in total. The number of aliphatic hydroxyl groups is 1. The van der Waals surface area contributed by atoms with E-state index in [4.69, 9.17) is 23.2 Å². The van der Waals surface area contributed by atoms with E-state index in [-0.39, 0.29) is 16.9 Å². The molecule has 0 heterocycles. The predicted molar refractivity (Wildman–Crippen MR) is 101 cm³/mol. The summed E-state index contributed by atoms with van der Waals surface area (Å²) in [6, 6.07) is 6.74. The van der Waals surface area contributed by atoms with Gasteiger partial charge in [-0.05, 0) is 61.6 Å². The Morgan fingerprint density at radius 1 is 1.31 bits per heavy atom. The molecule has 0 aromatic heterocycles. The molecule has 0 saturated heterocycles. The number of hydrogen-bond donors (Lipinski definition) is 3. The van der Waals surface area contributed by atoms with Crippen LogP contribution in [-0.4, -0.2) is 11.1 Å². The van der Waals surface area contributed by atoms with Crippen molar-refractivity contribution in [1.29, 1.82) is 0 Å². The molecule has 0 aliphatic heterocycles. The van der Waals surface area contributed by atoms with Gasteiger partial charge in [0.2, 0.25) is 0 Å². The van der Waals surface area contributed by atoms with Crippen molar-refractivity contribution in [2.75, 3.05) is 5.32 Å². The Hall–Kier alpha value is -1.82. The zero-order valence-corrected chi connectivity index (χ0v) is 15.9. The van der Waals surface area contributed by atoms with E-state index in [9.17, 15) is 14.3 Å². The molecule has 7 heteroatoms. The van der Waals surface area contributed by atoms with E-state index in [1.165, 1.54) is 12.1 Å². The molecule has 0 saturated carbocycles. The number of nitrogens with one attached hydrogen (secondary N) is 2. The maximum Gasteiger partial charge on any atom is 0.319 e. The molecular formula is C19H19Cl2FN2O2. The van der Waals surface area contributed by atoms with Gasteiger partial charge in [-0.25, -0.2) is 9.18 Å². The first-order chi connectivity index (χ1) is 12.2. The molecule has 0 fully saturated rings. The highest BCUT2D eigenvalue weighted by Crippen LogP contribution is 2.45. The molecule has 0 radical (unpaired) electrons. The van der Waals surface area contributed by atoms with Crippen molar-refractivity contribution in [2.24, 2.45) is 0 Å². The molecule has 2 aromatic carbocycles. The van der Waals surface area contributed by atoms with Crippen LogP contribution in [0.4, 0.5) is 14.9 Å². The first kappa shape index (κ1) is 19.0. The Morgan fingerprint density at radius 2 is 1.96 bits per heavy atom. The molecule has 4 nitrogen and oxygen atoms in total. The molecule has 1 aliphatic carbocycles. The fourth-order valence-corrected chi connectivity index (χ4v) is 3.83. The molecule has 0 spiro atoms. The number of halogens is 3. The van der Waals surface area contributed by atoms with Gasteiger partial charge in [0.1, 0.15) is 5.82 Å². The van der Waals surface area contributed by atoms with Gasteiger partial charge < -0.3 is 15.7 Å². The Kier molecular flexibility index (Phi) is 5.15. The molecule has 2 aromatic rings. The minimum Gasteiger partial charge on any atom is -0.385 e. The Bertz CT molecular complexity index is 854. The number of rotatable bonds is 3. The van der Waals surface area contributed by atoms with Crippen LogP contribution in [0.15, 0.2) is 30.3 Å². The van der Waals surface area contributed by atoms with Crippen LogP contribution < -0.4 is 10.6 Å². The van der Waals surface area contributed by atoms with Crippen LogP contribution in [0.2, 0.25) is 10.0 Å². The highest BCUT2D eigenvalue weighted by molar-refractivity contribution is 6.40. The lowest BCUT2D eigenvalue weighted by atomic mass is 9.98. The summed E-state index contributed by atoms with van der Waals surface area (Å²) in [6.07, 6.45) is 1.16. The minimum atomic E-state index is -0.972. The van der Waals surface area contributed by atoms with Crippen LogP contribution in [0.1, 0.15) is 43.0 Å². The maximum absolute atomic E-state index is 13.0. The molecule has 2 atom stereocenters. The smallest absolute Gasteiger partial charge is 0.319 e. The van der Waals surface area contributed by atoms with E-state index < -0.39 is 11.6 Å². The number of amides is 2. The minimum absolute atomic E-state index is 0.264. The van der Waals surface area contributed by atoms with Crippen molar-refractivity contribution in [3.05, 3.63) is 62.9 Å². The summed E-state index contributed by atoms with van der Waals surface area (Å²) in [5, 5.41) is 16.4. The van der Waals surface area contributed by atoms with Crippen molar-refractivity contribution < 1.29 is 14.3 Å². The molecule has 1 unspecified atom stereocenters. The fraction of sp³-hybridized carbons (Fsp3) is 0.316. The monoisotopic (exact) mass is 396 g/mol. The second-order valence-electron chi connectivity index (χ2n) is 6.72. The molecule has 1 aliphatic rings. The summed E-state index contributed by atoms with van der Waals surface area (Å²) in [6.45, 7) is 3.51. The number of urea groups is 1. The summed E-state index contributed by atoms with van der Waals surface area (Å²) in [5.74, 6) is -0.335. The average molecular weight is 397 g/mol. The van der Waals surface area contributed by atoms with Crippen LogP contribution in [0.25, 0.3) is 0 Å². The lowest BCUT2D eigenvalue weighted by Gasteiger charge is -2.20. The van der Waals surface area contributed by atoms with Gasteiger partial charge in [0.15, 0.2) is 0 Å². The zero-order valence-electron chi connectivity index (χ0n) is 14.4. The maximum atomic E-state index is 13.0. The third-order valence-corrected chi connectivity index (χ3v) is 5.43. The van der Waals surface area contributed by atoms with Gasteiger partial charge in [-0.15, -0.1) is 0 Å². The van der Waals surface area contributed by atoms with Gasteiger partial charge in [-0.1, -0.05) is 35.3 Å². The van der Waals surface area contributed by atoms with Crippen molar-refractivity contribution in [1.82, 2.24) is 5.32 Å².